The lowest BCUT2D eigenvalue weighted by molar-refractivity contribution is -0.137. The molecular weight excluding hydrogens is 587 g/mol. The highest BCUT2D eigenvalue weighted by Crippen LogP contribution is 2.28. The topological polar surface area (TPSA) is 131 Å². The monoisotopic (exact) mass is 626 g/mol. The fourth-order valence-corrected chi connectivity index (χ4v) is 4.51. The molecule has 10 heteroatoms. The number of carboxylic acids is 1. The number of aliphatic hydroxyl groups is 1. The summed E-state index contributed by atoms with van der Waals surface area (Å²) in [7, 11) is 0. The van der Waals surface area contributed by atoms with Crippen molar-refractivity contribution in [3.63, 3.8) is 0 Å². The maximum absolute atomic E-state index is 13.6. The summed E-state index contributed by atoms with van der Waals surface area (Å²) in [6.07, 6.45) is 14.8. The third kappa shape index (κ3) is 9.15. The zero-order chi connectivity index (χ0) is 33.5. The number of halogens is 1. The first-order chi connectivity index (χ1) is 22.4. The number of fused-ring (bicyclic) bond motifs is 1. The molecule has 240 valence electrons. The molecule has 0 saturated heterocycles. The molecule has 3 aromatic heterocycles. The van der Waals surface area contributed by atoms with Crippen LogP contribution in [0.2, 0.25) is 0 Å². The molecule has 2 N–H and O–H groups in total. The summed E-state index contributed by atoms with van der Waals surface area (Å²) in [5.74, 6) is -0.327. The number of pyridine rings is 1. The number of aliphatic carboxylic acids is 1. The van der Waals surface area contributed by atoms with Gasteiger partial charge in [0.05, 0.1) is 22.9 Å². The van der Waals surface area contributed by atoms with E-state index in [0.717, 1.165) is 18.1 Å². The lowest BCUT2D eigenvalue weighted by Gasteiger charge is -2.14. The number of aromatic nitrogens is 4. The molecule has 0 spiro atoms. The molecule has 0 bridgehead atoms. The second kappa shape index (κ2) is 17.9. The first kappa shape index (κ1) is 35.3. The van der Waals surface area contributed by atoms with Crippen molar-refractivity contribution in [3.8, 4) is 11.3 Å². The SMILES string of the molecule is C=C/C(=C\C=C\F)n1c(CCCCC(=O)O)nc2cc(-c3cc(C(O)c4ccc(/C=C\C=C/CC)cn4)on3)ccc2c1=O.CC. The van der Waals surface area contributed by atoms with Gasteiger partial charge < -0.3 is 14.7 Å². The zero-order valence-electron chi connectivity index (χ0n) is 26.3. The molecule has 0 fully saturated rings. The smallest absolute Gasteiger partial charge is 0.303 e. The summed E-state index contributed by atoms with van der Waals surface area (Å²) in [5.41, 5.74) is 2.67. The maximum atomic E-state index is 13.6. The van der Waals surface area contributed by atoms with Gasteiger partial charge in [-0.15, -0.1) is 0 Å². The number of nitrogens with zero attached hydrogens (tertiary/aromatic N) is 4. The fraction of sp³-hybridized carbons (Fsp3) is 0.250. The van der Waals surface area contributed by atoms with Crippen LogP contribution in [-0.2, 0) is 11.2 Å². The van der Waals surface area contributed by atoms with Crippen LogP contribution in [-0.4, -0.2) is 35.9 Å². The molecule has 0 aliphatic heterocycles. The first-order valence-electron chi connectivity index (χ1n) is 15.2. The van der Waals surface area contributed by atoms with Crippen LogP contribution < -0.4 is 5.56 Å². The quantitative estimate of drug-likeness (QED) is 0.107. The molecular formula is C36H39FN4O5. The fourth-order valence-electron chi connectivity index (χ4n) is 4.51. The van der Waals surface area contributed by atoms with Crippen molar-refractivity contribution in [1.82, 2.24) is 19.7 Å². The molecule has 4 aromatic rings. The number of hydrogen-bond donors (Lipinski definition) is 2. The van der Waals surface area contributed by atoms with Gasteiger partial charge in [0.15, 0.2) is 11.9 Å². The minimum Gasteiger partial charge on any atom is -0.481 e. The molecule has 0 aliphatic rings. The predicted octanol–water partition coefficient (Wildman–Crippen LogP) is 7.84. The molecule has 0 radical (unpaired) electrons. The summed E-state index contributed by atoms with van der Waals surface area (Å²) in [6.45, 7) is 9.81. The molecule has 0 amide bonds. The van der Waals surface area contributed by atoms with Crippen LogP contribution >= 0.6 is 0 Å². The number of hydrogen-bond acceptors (Lipinski definition) is 7. The van der Waals surface area contributed by atoms with Gasteiger partial charge in [-0.05, 0) is 61.3 Å². The van der Waals surface area contributed by atoms with E-state index in [0.29, 0.717) is 65.0 Å². The molecule has 1 unspecified atom stereocenters. The van der Waals surface area contributed by atoms with Gasteiger partial charge in [0.2, 0.25) is 0 Å². The average molecular weight is 627 g/mol. The average Bonchev–Trinajstić information content (AvgIpc) is 3.57. The minimum absolute atomic E-state index is 0.00952. The van der Waals surface area contributed by atoms with E-state index >= 15 is 0 Å². The van der Waals surface area contributed by atoms with E-state index < -0.39 is 12.1 Å². The number of rotatable bonds is 14. The summed E-state index contributed by atoms with van der Waals surface area (Å²) in [4.78, 5) is 33.7. The van der Waals surface area contributed by atoms with Crippen molar-refractivity contribution >= 4 is 28.6 Å². The van der Waals surface area contributed by atoms with Crippen molar-refractivity contribution in [2.75, 3.05) is 0 Å². The predicted molar refractivity (Wildman–Crippen MR) is 180 cm³/mol. The number of allylic oxidation sites excluding steroid dienone is 7. The highest BCUT2D eigenvalue weighted by molar-refractivity contribution is 5.84. The Balaban J connectivity index is 0.00000282. The number of carboxylic acid groups (broad SMARTS) is 1. The molecule has 1 aromatic carbocycles. The van der Waals surface area contributed by atoms with Gasteiger partial charge in [0.1, 0.15) is 11.5 Å². The highest BCUT2D eigenvalue weighted by Gasteiger charge is 2.20. The third-order valence-corrected chi connectivity index (χ3v) is 6.74. The first-order valence-corrected chi connectivity index (χ1v) is 15.2. The number of benzene rings is 1. The Morgan fingerprint density at radius 3 is 2.61 bits per heavy atom. The van der Waals surface area contributed by atoms with E-state index in [2.05, 4.69) is 23.6 Å². The maximum Gasteiger partial charge on any atom is 0.303 e. The van der Waals surface area contributed by atoms with Gasteiger partial charge in [-0.2, -0.15) is 0 Å². The molecule has 46 heavy (non-hydrogen) atoms. The summed E-state index contributed by atoms with van der Waals surface area (Å²) in [6, 6.07) is 10.2. The standard InChI is InChI=1S/C34H33FN4O5.C2H6/c1-3-5-6-7-11-23-15-18-27(36-22-23)33(42)30-21-28(38-44-30)24-16-17-26-29(20-24)37-31(13-8-9-14-32(40)41)39(34(26)43)25(4-2)12-10-19-35;1-2/h4-7,10-12,15-22,33,42H,2-3,8-9,13-14H2,1H3,(H,40,41);1-2H3/b6-5-,11-7-,19-10+,25-12+;. The van der Waals surface area contributed by atoms with Gasteiger partial charge in [-0.25, -0.2) is 9.37 Å². The van der Waals surface area contributed by atoms with E-state index in [4.69, 9.17) is 14.6 Å². The second-order valence-corrected chi connectivity index (χ2v) is 9.84. The number of carbonyl (C=O) groups is 1. The number of aryl methyl sites for hydroxylation is 1. The van der Waals surface area contributed by atoms with Gasteiger partial charge in [0.25, 0.3) is 5.56 Å². The summed E-state index contributed by atoms with van der Waals surface area (Å²) in [5, 5.41) is 24.3. The second-order valence-electron chi connectivity index (χ2n) is 9.84. The van der Waals surface area contributed by atoms with Crippen LogP contribution in [0, 0.1) is 0 Å². The van der Waals surface area contributed by atoms with E-state index in [1.165, 1.54) is 16.7 Å². The number of unbranched alkanes of at least 4 members (excludes halogenated alkanes) is 1. The van der Waals surface area contributed by atoms with Gasteiger partial charge in [-0.1, -0.05) is 68.9 Å². The van der Waals surface area contributed by atoms with Gasteiger partial charge in [0, 0.05) is 36.4 Å². The van der Waals surface area contributed by atoms with E-state index in [1.807, 2.05) is 44.2 Å². The van der Waals surface area contributed by atoms with E-state index in [1.54, 1.807) is 36.5 Å². The largest absolute Gasteiger partial charge is 0.481 e. The van der Waals surface area contributed by atoms with Crippen molar-refractivity contribution in [1.29, 1.82) is 0 Å². The van der Waals surface area contributed by atoms with Crippen molar-refractivity contribution in [2.24, 2.45) is 0 Å². The molecule has 4 rings (SSSR count). The Morgan fingerprint density at radius 2 is 1.93 bits per heavy atom. The van der Waals surface area contributed by atoms with Crippen LogP contribution in [0.15, 0.2) is 101 Å². The van der Waals surface area contributed by atoms with Crippen LogP contribution in [0.1, 0.15) is 75.4 Å². The molecule has 0 aliphatic carbocycles. The lowest BCUT2D eigenvalue weighted by atomic mass is 10.1. The van der Waals surface area contributed by atoms with Crippen molar-refractivity contribution < 1.29 is 23.9 Å². The van der Waals surface area contributed by atoms with E-state index in [9.17, 15) is 19.1 Å². The lowest BCUT2D eigenvalue weighted by Crippen LogP contribution is -2.24. The molecule has 0 saturated carbocycles. The Morgan fingerprint density at radius 1 is 1.13 bits per heavy atom. The Labute approximate surface area is 267 Å². The zero-order valence-corrected chi connectivity index (χ0v) is 26.3. The van der Waals surface area contributed by atoms with E-state index in [-0.39, 0.29) is 17.7 Å². The van der Waals surface area contributed by atoms with Crippen molar-refractivity contribution in [3.05, 3.63) is 125 Å². The van der Waals surface area contributed by atoms with Crippen LogP contribution in [0.5, 0.6) is 0 Å². The Kier molecular flexibility index (Phi) is 13.7. The highest BCUT2D eigenvalue weighted by atomic mass is 19.1. The van der Waals surface area contributed by atoms with Crippen molar-refractivity contribution in [2.45, 2.75) is 59.0 Å². The number of aliphatic hydroxyl groups excluding tert-OH is 1. The summed E-state index contributed by atoms with van der Waals surface area (Å²) >= 11 is 0. The normalized spacial score (nSPS) is 12.6. The third-order valence-electron chi connectivity index (χ3n) is 6.74. The molecule has 9 nitrogen and oxygen atoms in total. The Bertz CT molecular complexity index is 1800. The van der Waals surface area contributed by atoms with Gasteiger partial charge >= 0.3 is 5.97 Å². The van der Waals surface area contributed by atoms with Crippen LogP contribution in [0.4, 0.5) is 4.39 Å². The molecule has 3 heterocycles. The van der Waals surface area contributed by atoms with Crippen LogP contribution in [0.3, 0.4) is 0 Å². The minimum atomic E-state index is -1.14. The summed E-state index contributed by atoms with van der Waals surface area (Å²) < 4.78 is 19.6. The molecule has 1 atom stereocenters. The van der Waals surface area contributed by atoms with Gasteiger partial charge in [-0.3, -0.25) is 19.1 Å². The Hall–Kier alpha value is -5.22. The van der Waals surface area contributed by atoms with Crippen LogP contribution in [0.25, 0.3) is 33.9 Å².